The fraction of sp³-hybridized carbons (Fsp3) is 0.111. The number of methoxy groups -OCH3 is 1. The molecule has 7 heteroatoms. The highest BCUT2D eigenvalue weighted by molar-refractivity contribution is 6.31. The van der Waals surface area contributed by atoms with Gasteiger partial charge in [0.15, 0.2) is 0 Å². The first kappa shape index (κ1) is 17.0. The summed E-state index contributed by atoms with van der Waals surface area (Å²) in [6.45, 7) is 0.309. The molecule has 0 atom stereocenters. The van der Waals surface area contributed by atoms with Crippen LogP contribution in [0.15, 0.2) is 42.5 Å². The summed E-state index contributed by atoms with van der Waals surface area (Å²) in [7, 11) is 1.56. The van der Waals surface area contributed by atoms with E-state index in [-0.39, 0.29) is 0 Å². The third kappa shape index (κ3) is 3.64. The monoisotopic (exact) mass is 360 g/mol. The number of carboxylic acid groups (broad SMARTS) is 1. The maximum atomic E-state index is 13.2. The summed E-state index contributed by atoms with van der Waals surface area (Å²) in [6, 6.07) is 9.56. The first-order valence-corrected chi connectivity index (χ1v) is 7.75. The Morgan fingerprint density at radius 1 is 1.36 bits per heavy atom. The number of carbonyl (C=O) groups is 1. The van der Waals surface area contributed by atoms with E-state index in [0.29, 0.717) is 28.6 Å². The first-order chi connectivity index (χ1) is 12.0. The van der Waals surface area contributed by atoms with E-state index in [1.807, 2.05) is 6.07 Å². The van der Waals surface area contributed by atoms with E-state index >= 15 is 0 Å². The lowest BCUT2D eigenvalue weighted by atomic mass is 10.2. The standard InChI is InChI=1S/C18H14ClFN2O3/c1-25-13-4-5-14-16(6-7-18(23)24)21-22(17(14)9-13)10-11-2-3-12(20)8-15(11)19/h2-9H,10H2,1H3,(H,23,24)/b7-6+. The van der Waals surface area contributed by atoms with Crippen LogP contribution in [0, 0.1) is 5.82 Å². The number of aliphatic carboxylic acids is 1. The predicted molar refractivity (Wildman–Crippen MR) is 93.5 cm³/mol. The maximum Gasteiger partial charge on any atom is 0.328 e. The molecule has 0 unspecified atom stereocenters. The van der Waals surface area contributed by atoms with Crippen molar-refractivity contribution in [3.05, 3.63) is 64.6 Å². The Hall–Kier alpha value is -2.86. The van der Waals surface area contributed by atoms with Gasteiger partial charge < -0.3 is 9.84 Å². The lowest BCUT2D eigenvalue weighted by Crippen LogP contribution is -2.03. The van der Waals surface area contributed by atoms with E-state index in [9.17, 15) is 9.18 Å². The van der Waals surface area contributed by atoms with Crippen molar-refractivity contribution in [1.82, 2.24) is 9.78 Å². The molecular formula is C18H14ClFN2O3. The number of benzene rings is 2. The second kappa shape index (κ2) is 6.94. The van der Waals surface area contributed by atoms with E-state index in [2.05, 4.69) is 5.10 Å². The Kier molecular flexibility index (Phi) is 4.72. The van der Waals surface area contributed by atoms with Gasteiger partial charge in [0.05, 0.1) is 24.9 Å². The highest BCUT2D eigenvalue weighted by Gasteiger charge is 2.12. The number of hydrogen-bond acceptors (Lipinski definition) is 3. The van der Waals surface area contributed by atoms with Gasteiger partial charge in [0.2, 0.25) is 0 Å². The van der Waals surface area contributed by atoms with Gasteiger partial charge in [-0.15, -0.1) is 0 Å². The molecule has 3 aromatic rings. The minimum atomic E-state index is -1.06. The lowest BCUT2D eigenvalue weighted by molar-refractivity contribution is -0.131. The Balaban J connectivity index is 2.10. The average Bonchev–Trinajstić information content (AvgIpc) is 2.92. The molecule has 1 aromatic heterocycles. The third-order valence-electron chi connectivity index (χ3n) is 3.71. The molecule has 1 heterocycles. The van der Waals surface area contributed by atoms with Crippen LogP contribution in [0.1, 0.15) is 11.3 Å². The van der Waals surface area contributed by atoms with Gasteiger partial charge >= 0.3 is 5.97 Å². The Bertz CT molecular complexity index is 982. The molecule has 0 saturated carbocycles. The van der Waals surface area contributed by atoms with Crippen LogP contribution >= 0.6 is 11.6 Å². The molecule has 1 N–H and O–H groups in total. The molecule has 0 amide bonds. The van der Waals surface area contributed by atoms with Crippen LogP contribution in [0.25, 0.3) is 17.0 Å². The fourth-order valence-corrected chi connectivity index (χ4v) is 2.74. The molecule has 0 bridgehead atoms. The summed E-state index contributed by atoms with van der Waals surface area (Å²) >= 11 is 6.10. The van der Waals surface area contributed by atoms with Gasteiger partial charge in [-0.05, 0) is 35.9 Å². The first-order valence-electron chi connectivity index (χ1n) is 7.37. The summed E-state index contributed by atoms with van der Waals surface area (Å²) < 4.78 is 20.2. The quantitative estimate of drug-likeness (QED) is 0.699. The molecule has 5 nitrogen and oxygen atoms in total. The van der Waals surface area contributed by atoms with E-state index in [1.165, 1.54) is 18.2 Å². The summed E-state index contributed by atoms with van der Waals surface area (Å²) in [4.78, 5) is 10.8. The van der Waals surface area contributed by atoms with Gasteiger partial charge in [-0.2, -0.15) is 5.10 Å². The van der Waals surface area contributed by atoms with Crippen LogP contribution in [0.3, 0.4) is 0 Å². The van der Waals surface area contributed by atoms with Gasteiger partial charge in [-0.1, -0.05) is 17.7 Å². The number of ether oxygens (including phenoxy) is 1. The Labute approximate surface area is 147 Å². The molecule has 3 rings (SSSR count). The molecule has 0 aliphatic carbocycles. The Morgan fingerprint density at radius 3 is 2.84 bits per heavy atom. The largest absolute Gasteiger partial charge is 0.497 e. The Morgan fingerprint density at radius 2 is 2.16 bits per heavy atom. The van der Waals surface area contributed by atoms with Gasteiger partial charge in [-0.3, -0.25) is 4.68 Å². The second-order valence-corrected chi connectivity index (χ2v) is 5.74. The molecule has 0 fully saturated rings. The normalized spacial score (nSPS) is 11.3. The van der Waals surface area contributed by atoms with Gasteiger partial charge in [-0.25, -0.2) is 9.18 Å². The van der Waals surface area contributed by atoms with Crippen LogP contribution in [-0.4, -0.2) is 28.0 Å². The molecule has 0 aliphatic heterocycles. The highest BCUT2D eigenvalue weighted by Crippen LogP contribution is 2.27. The van der Waals surface area contributed by atoms with Crippen molar-refractivity contribution >= 4 is 34.5 Å². The molecular weight excluding hydrogens is 347 g/mol. The van der Waals surface area contributed by atoms with Crippen LogP contribution in [0.4, 0.5) is 4.39 Å². The molecule has 25 heavy (non-hydrogen) atoms. The number of fused-ring (bicyclic) bond motifs is 1. The predicted octanol–water partition coefficient (Wildman–Crippen LogP) is 3.98. The zero-order valence-corrected chi connectivity index (χ0v) is 14.0. The molecule has 0 aliphatic rings. The van der Waals surface area contributed by atoms with Crippen molar-refractivity contribution in [3.8, 4) is 5.75 Å². The smallest absolute Gasteiger partial charge is 0.328 e. The minimum Gasteiger partial charge on any atom is -0.497 e. The molecule has 128 valence electrons. The number of hydrogen-bond donors (Lipinski definition) is 1. The van der Waals surface area contributed by atoms with Crippen molar-refractivity contribution in [2.45, 2.75) is 6.54 Å². The molecule has 2 aromatic carbocycles. The van der Waals surface area contributed by atoms with Crippen LogP contribution < -0.4 is 4.74 Å². The lowest BCUT2D eigenvalue weighted by Gasteiger charge is -2.07. The van der Waals surface area contributed by atoms with Crippen molar-refractivity contribution in [1.29, 1.82) is 0 Å². The van der Waals surface area contributed by atoms with E-state index in [0.717, 1.165) is 17.0 Å². The molecule has 0 radical (unpaired) electrons. The van der Waals surface area contributed by atoms with E-state index < -0.39 is 11.8 Å². The van der Waals surface area contributed by atoms with E-state index in [1.54, 1.807) is 30.0 Å². The van der Waals surface area contributed by atoms with E-state index in [4.69, 9.17) is 21.4 Å². The summed E-state index contributed by atoms with van der Waals surface area (Å²) in [5.74, 6) is -0.823. The van der Waals surface area contributed by atoms with Crippen LogP contribution in [0.2, 0.25) is 5.02 Å². The maximum absolute atomic E-state index is 13.2. The zero-order valence-electron chi connectivity index (χ0n) is 13.2. The number of carboxylic acids is 1. The van der Waals surface area contributed by atoms with Crippen molar-refractivity contribution in [2.24, 2.45) is 0 Å². The fourth-order valence-electron chi connectivity index (χ4n) is 2.51. The summed E-state index contributed by atoms with van der Waals surface area (Å²) in [5.41, 5.74) is 1.96. The number of nitrogens with zero attached hydrogens (tertiary/aromatic N) is 2. The minimum absolute atomic E-state index is 0.300. The number of rotatable bonds is 5. The van der Waals surface area contributed by atoms with Gasteiger partial charge in [0, 0.05) is 22.6 Å². The summed E-state index contributed by atoms with van der Waals surface area (Å²) in [6.07, 6.45) is 2.46. The SMILES string of the molecule is COc1ccc2c(/C=C/C(=O)O)nn(Cc3ccc(F)cc3Cl)c2c1. The van der Waals surface area contributed by atoms with Crippen LogP contribution in [0.5, 0.6) is 5.75 Å². The van der Waals surface area contributed by atoms with Crippen molar-refractivity contribution < 1.29 is 19.0 Å². The van der Waals surface area contributed by atoms with Gasteiger partial charge in [0.25, 0.3) is 0 Å². The van der Waals surface area contributed by atoms with Crippen LogP contribution in [-0.2, 0) is 11.3 Å². The topological polar surface area (TPSA) is 64.3 Å². The van der Waals surface area contributed by atoms with Crippen molar-refractivity contribution in [3.63, 3.8) is 0 Å². The summed E-state index contributed by atoms with van der Waals surface area (Å²) in [5, 5.41) is 14.4. The number of aromatic nitrogens is 2. The molecule has 0 saturated heterocycles. The molecule has 0 spiro atoms. The zero-order chi connectivity index (χ0) is 18.0. The third-order valence-corrected chi connectivity index (χ3v) is 4.06. The number of halogens is 2. The highest BCUT2D eigenvalue weighted by atomic mass is 35.5. The van der Waals surface area contributed by atoms with Gasteiger partial charge in [0.1, 0.15) is 11.6 Å². The average molecular weight is 361 g/mol. The second-order valence-electron chi connectivity index (χ2n) is 5.33. The van der Waals surface area contributed by atoms with Crippen molar-refractivity contribution in [2.75, 3.05) is 7.11 Å².